The minimum absolute atomic E-state index is 0.162. The van der Waals surface area contributed by atoms with Crippen molar-refractivity contribution in [2.45, 2.75) is 25.2 Å². The van der Waals surface area contributed by atoms with E-state index < -0.39 is 0 Å². The van der Waals surface area contributed by atoms with Crippen LogP contribution in [-0.4, -0.2) is 34.8 Å². The fourth-order valence-electron chi connectivity index (χ4n) is 2.86. The molecule has 4 nitrogen and oxygen atoms in total. The van der Waals surface area contributed by atoms with Gasteiger partial charge in [-0.15, -0.1) is 0 Å². The molecule has 1 aliphatic heterocycles. The Morgan fingerprint density at radius 2 is 1.89 bits per heavy atom. The lowest BCUT2D eigenvalue weighted by molar-refractivity contribution is -0.132. The summed E-state index contributed by atoms with van der Waals surface area (Å²) in [5, 5.41) is 12.0. The Balaban J connectivity index is 1.59. The maximum absolute atomic E-state index is 12.4. The average Bonchev–Trinajstić information content (AvgIpc) is 3.28. The van der Waals surface area contributed by atoms with Crippen LogP contribution in [0, 0.1) is 5.92 Å². The Labute approximate surface area is 112 Å². The predicted octanol–water partition coefficient (Wildman–Crippen LogP) is 2.24. The first-order valence-corrected chi connectivity index (χ1v) is 6.83. The molecule has 0 bridgehead atoms. The van der Waals surface area contributed by atoms with E-state index in [1.54, 1.807) is 0 Å². The van der Waals surface area contributed by atoms with Gasteiger partial charge in [0.15, 0.2) is 0 Å². The number of benzene rings is 1. The molecule has 3 rings (SSSR count). The molecule has 2 aliphatic rings. The number of hydrogen-bond donors (Lipinski definition) is 1. The molecule has 1 N–H and O–H groups in total. The number of hydrogen-bond acceptors (Lipinski definition) is 3. The van der Waals surface area contributed by atoms with E-state index in [9.17, 15) is 4.79 Å². The molecular weight excluding hydrogens is 240 g/mol. The molecule has 4 heteroatoms. The third-order valence-corrected chi connectivity index (χ3v) is 4.13. The Kier molecular flexibility index (Phi) is 3.23. The summed E-state index contributed by atoms with van der Waals surface area (Å²) in [6.07, 6.45) is 2.37. The van der Waals surface area contributed by atoms with E-state index >= 15 is 0 Å². The molecule has 1 amide bonds. The molecule has 1 heterocycles. The van der Waals surface area contributed by atoms with Gasteiger partial charge in [-0.1, -0.05) is 35.5 Å². The number of carbonyl (C=O) groups is 1. The molecule has 19 heavy (non-hydrogen) atoms. The van der Waals surface area contributed by atoms with Gasteiger partial charge in [-0.05, 0) is 17.9 Å². The molecule has 2 fully saturated rings. The molecule has 1 aromatic rings. The third kappa shape index (κ3) is 2.48. The highest BCUT2D eigenvalue weighted by molar-refractivity contribution is 5.88. The van der Waals surface area contributed by atoms with E-state index in [1.807, 2.05) is 23.1 Å². The number of carbonyl (C=O) groups excluding carboxylic acids is 1. The van der Waals surface area contributed by atoms with Crippen molar-refractivity contribution < 1.29 is 10.0 Å². The van der Waals surface area contributed by atoms with Crippen LogP contribution in [0.1, 0.15) is 30.7 Å². The lowest BCUT2D eigenvalue weighted by Gasteiger charge is -2.27. The van der Waals surface area contributed by atoms with E-state index in [0.717, 1.165) is 12.1 Å². The van der Waals surface area contributed by atoms with Gasteiger partial charge in [0.1, 0.15) is 0 Å². The van der Waals surface area contributed by atoms with Crippen molar-refractivity contribution in [2.75, 3.05) is 13.1 Å². The molecule has 1 aliphatic carbocycles. The SMILES string of the molecule is O=C(C1CC1c1ccccc1)N1CCC(=NO)CC1. The number of nitrogens with zero attached hydrogens (tertiary/aromatic N) is 2. The summed E-state index contributed by atoms with van der Waals surface area (Å²) < 4.78 is 0. The van der Waals surface area contributed by atoms with E-state index in [0.29, 0.717) is 31.8 Å². The van der Waals surface area contributed by atoms with Gasteiger partial charge in [0.2, 0.25) is 5.91 Å². The van der Waals surface area contributed by atoms with Crippen LogP contribution in [0.5, 0.6) is 0 Å². The molecule has 0 radical (unpaired) electrons. The monoisotopic (exact) mass is 258 g/mol. The summed E-state index contributed by atoms with van der Waals surface area (Å²) in [5.74, 6) is 0.836. The number of amides is 1. The molecule has 1 saturated carbocycles. The van der Waals surface area contributed by atoms with Crippen molar-refractivity contribution in [2.24, 2.45) is 11.1 Å². The Bertz CT molecular complexity index is 488. The topological polar surface area (TPSA) is 52.9 Å². The van der Waals surface area contributed by atoms with Crippen LogP contribution in [0.2, 0.25) is 0 Å². The van der Waals surface area contributed by atoms with E-state index in [1.165, 1.54) is 5.56 Å². The minimum Gasteiger partial charge on any atom is -0.411 e. The Hall–Kier alpha value is -1.84. The summed E-state index contributed by atoms with van der Waals surface area (Å²) in [5.41, 5.74) is 2.08. The third-order valence-electron chi connectivity index (χ3n) is 4.13. The van der Waals surface area contributed by atoms with Crippen molar-refractivity contribution in [1.82, 2.24) is 4.90 Å². The zero-order valence-corrected chi connectivity index (χ0v) is 10.8. The van der Waals surface area contributed by atoms with Crippen LogP contribution in [0.3, 0.4) is 0 Å². The van der Waals surface area contributed by atoms with Gasteiger partial charge in [0.05, 0.1) is 5.71 Å². The highest BCUT2D eigenvalue weighted by Gasteiger charge is 2.45. The first kappa shape index (κ1) is 12.2. The zero-order chi connectivity index (χ0) is 13.2. The molecular formula is C15H18N2O2. The number of oxime groups is 1. The van der Waals surface area contributed by atoms with Crippen molar-refractivity contribution in [3.8, 4) is 0 Å². The van der Waals surface area contributed by atoms with Crippen molar-refractivity contribution in [1.29, 1.82) is 0 Å². The van der Waals surface area contributed by atoms with Crippen LogP contribution in [0.25, 0.3) is 0 Å². The molecule has 0 spiro atoms. The summed E-state index contributed by atoms with van der Waals surface area (Å²) >= 11 is 0. The Morgan fingerprint density at radius 3 is 2.53 bits per heavy atom. The second kappa shape index (κ2) is 5.03. The van der Waals surface area contributed by atoms with Crippen LogP contribution in [0.4, 0.5) is 0 Å². The molecule has 0 aromatic heterocycles. The van der Waals surface area contributed by atoms with E-state index in [2.05, 4.69) is 17.3 Å². The Morgan fingerprint density at radius 1 is 1.21 bits per heavy atom. The van der Waals surface area contributed by atoms with Crippen molar-refractivity contribution >= 4 is 11.6 Å². The maximum atomic E-state index is 12.4. The molecule has 2 atom stereocenters. The van der Waals surface area contributed by atoms with Gasteiger partial charge in [-0.2, -0.15) is 0 Å². The summed E-state index contributed by atoms with van der Waals surface area (Å²) in [6, 6.07) is 10.3. The maximum Gasteiger partial charge on any atom is 0.226 e. The van der Waals surface area contributed by atoms with E-state index in [-0.39, 0.29) is 11.8 Å². The van der Waals surface area contributed by atoms with Gasteiger partial charge in [0.25, 0.3) is 0 Å². The fraction of sp³-hybridized carbons (Fsp3) is 0.467. The van der Waals surface area contributed by atoms with Crippen LogP contribution in [0.15, 0.2) is 35.5 Å². The quantitative estimate of drug-likeness (QED) is 0.653. The molecule has 100 valence electrons. The zero-order valence-electron chi connectivity index (χ0n) is 10.8. The summed E-state index contributed by atoms with van der Waals surface area (Å²) in [4.78, 5) is 14.3. The van der Waals surface area contributed by atoms with Crippen LogP contribution >= 0.6 is 0 Å². The fourth-order valence-corrected chi connectivity index (χ4v) is 2.86. The lowest BCUT2D eigenvalue weighted by atomic mass is 10.1. The van der Waals surface area contributed by atoms with Crippen molar-refractivity contribution in [3.05, 3.63) is 35.9 Å². The van der Waals surface area contributed by atoms with Gasteiger partial charge in [-0.25, -0.2) is 0 Å². The second-order valence-electron chi connectivity index (χ2n) is 5.35. The number of rotatable bonds is 2. The minimum atomic E-state index is 0.162. The first-order chi connectivity index (χ1) is 9.29. The standard InChI is InChI=1S/C15H18N2O2/c18-15(17-8-6-12(16-19)7-9-17)14-10-13(14)11-4-2-1-3-5-11/h1-5,13-14,19H,6-10H2. The van der Waals surface area contributed by atoms with Crippen LogP contribution in [-0.2, 0) is 4.79 Å². The highest BCUT2D eigenvalue weighted by atomic mass is 16.4. The van der Waals surface area contributed by atoms with Gasteiger partial charge in [0, 0.05) is 31.8 Å². The van der Waals surface area contributed by atoms with Crippen LogP contribution < -0.4 is 0 Å². The molecule has 1 aromatic carbocycles. The lowest BCUT2D eigenvalue weighted by Crippen LogP contribution is -2.39. The molecule has 2 unspecified atom stereocenters. The first-order valence-electron chi connectivity index (χ1n) is 6.83. The number of piperidine rings is 1. The largest absolute Gasteiger partial charge is 0.411 e. The summed E-state index contributed by atoms with van der Waals surface area (Å²) in [7, 11) is 0. The second-order valence-corrected chi connectivity index (χ2v) is 5.35. The van der Waals surface area contributed by atoms with Crippen molar-refractivity contribution in [3.63, 3.8) is 0 Å². The molecule has 1 saturated heterocycles. The van der Waals surface area contributed by atoms with Gasteiger partial charge in [-0.3, -0.25) is 4.79 Å². The predicted molar refractivity (Wildman–Crippen MR) is 72.3 cm³/mol. The number of likely N-dealkylation sites (tertiary alicyclic amines) is 1. The van der Waals surface area contributed by atoms with E-state index in [4.69, 9.17) is 5.21 Å². The summed E-state index contributed by atoms with van der Waals surface area (Å²) in [6.45, 7) is 1.38. The normalized spacial score (nSPS) is 26.1. The van der Waals surface area contributed by atoms with Gasteiger partial charge < -0.3 is 10.1 Å². The highest BCUT2D eigenvalue weighted by Crippen LogP contribution is 2.48. The average molecular weight is 258 g/mol. The smallest absolute Gasteiger partial charge is 0.226 e. The van der Waals surface area contributed by atoms with Gasteiger partial charge >= 0.3 is 0 Å².